The number of amides is 1. The van der Waals surface area contributed by atoms with Gasteiger partial charge in [-0.1, -0.05) is 18.2 Å². The van der Waals surface area contributed by atoms with E-state index in [-0.39, 0.29) is 5.92 Å². The lowest BCUT2D eigenvalue weighted by molar-refractivity contribution is 0.187. The van der Waals surface area contributed by atoms with E-state index in [1.165, 1.54) is 15.5 Å². The van der Waals surface area contributed by atoms with Crippen LogP contribution < -0.4 is 4.90 Å². The molecule has 1 aliphatic heterocycles. The number of piperidine rings is 1. The van der Waals surface area contributed by atoms with Crippen molar-refractivity contribution in [3.63, 3.8) is 0 Å². The second-order valence-electron chi connectivity index (χ2n) is 10.5. The Morgan fingerprint density at radius 3 is 2.54 bits per heavy atom. The van der Waals surface area contributed by atoms with Gasteiger partial charge in [-0.05, 0) is 65.6 Å². The van der Waals surface area contributed by atoms with Crippen LogP contribution in [0.1, 0.15) is 24.4 Å². The topological polar surface area (TPSA) is 122 Å². The molecule has 0 aliphatic carbocycles. The molecule has 1 atom stereocenters. The van der Waals surface area contributed by atoms with Crippen molar-refractivity contribution >= 4 is 43.7 Å². The first kappa shape index (κ1) is 26.9. The number of hydrogen-bond donors (Lipinski definition) is 1. The predicted molar refractivity (Wildman–Crippen MR) is 158 cm³/mol. The van der Waals surface area contributed by atoms with Gasteiger partial charge in [0.1, 0.15) is 0 Å². The van der Waals surface area contributed by atoms with Crippen LogP contribution in [0, 0.1) is 5.92 Å². The van der Waals surface area contributed by atoms with Gasteiger partial charge in [0.2, 0.25) is 10.0 Å². The third-order valence-corrected chi connectivity index (χ3v) is 9.26. The molecule has 4 heterocycles. The number of benzene rings is 2. The van der Waals surface area contributed by atoms with Crippen molar-refractivity contribution in [3.05, 3.63) is 85.1 Å². The van der Waals surface area contributed by atoms with Crippen LogP contribution in [0.15, 0.2) is 79.5 Å². The molecule has 1 unspecified atom stereocenters. The minimum atomic E-state index is -3.33. The smallest absolute Gasteiger partial charge is 0.412 e. The van der Waals surface area contributed by atoms with E-state index < -0.39 is 22.2 Å². The van der Waals surface area contributed by atoms with Crippen molar-refractivity contribution in [1.82, 2.24) is 23.8 Å². The largest absolute Gasteiger partial charge is 0.465 e. The van der Waals surface area contributed by atoms with Gasteiger partial charge in [-0.15, -0.1) is 0 Å². The van der Waals surface area contributed by atoms with E-state index in [0.717, 1.165) is 27.6 Å². The van der Waals surface area contributed by atoms with Crippen molar-refractivity contribution in [2.75, 3.05) is 24.2 Å². The molecule has 1 amide bonds. The molecular formula is C30H30N6O4S. The number of nitrogens with zero attached hydrogens (tertiary/aromatic N) is 6. The molecule has 5 aromatic rings. The van der Waals surface area contributed by atoms with Crippen molar-refractivity contribution in [3.8, 4) is 11.1 Å². The van der Waals surface area contributed by atoms with Crippen molar-refractivity contribution in [2.45, 2.75) is 18.9 Å². The molecule has 41 heavy (non-hydrogen) atoms. The Bertz CT molecular complexity index is 1850. The maximum atomic E-state index is 13.1. The molecule has 0 radical (unpaired) electrons. The van der Waals surface area contributed by atoms with Crippen LogP contribution in [-0.2, 0) is 17.1 Å². The highest BCUT2D eigenvalue weighted by atomic mass is 32.2. The lowest BCUT2D eigenvalue weighted by Gasteiger charge is -2.39. The molecule has 1 N–H and O–H groups in total. The van der Waals surface area contributed by atoms with E-state index in [0.29, 0.717) is 42.7 Å². The highest BCUT2D eigenvalue weighted by Gasteiger charge is 2.37. The molecule has 6 rings (SSSR count). The summed E-state index contributed by atoms with van der Waals surface area (Å²) in [7, 11) is -1.34. The van der Waals surface area contributed by atoms with Crippen molar-refractivity contribution in [1.29, 1.82) is 0 Å². The first-order valence-corrected chi connectivity index (χ1v) is 15.2. The zero-order chi connectivity index (χ0) is 28.7. The number of aromatic nitrogens is 4. The summed E-state index contributed by atoms with van der Waals surface area (Å²) >= 11 is 0. The maximum absolute atomic E-state index is 13.1. The molecular weight excluding hydrogens is 540 g/mol. The van der Waals surface area contributed by atoms with Crippen molar-refractivity contribution < 1.29 is 18.3 Å². The summed E-state index contributed by atoms with van der Waals surface area (Å²) in [6.45, 7) is 0.664. The van der Waals surface area contributed by atoms with Gasteiger partial charge in [0, 0.05) is 62.2 Å². The number of pyridine rings is 1. The van der Waals surface area contributed by atoms with E-state index in [1.54, 1.807) is 36.9 Å². The first-order chi connectivity index (χ1) is 19.7. The Morgan fingerprint density at radius 2 is 1.83 bits per heavy atom. The quantitative estimate of drug-likeness (QED) is 0.302. The molecule has 2 aromatic carbocycles. The third-order valence-electron chi connectivity index (χ3n) is 7.96. The maximum Gasteiger partial charge on any atom is 0.412 e. The minimum Gasteiger partial charge on any atom is -0.465 e. The van der Waals surface area contributed by atoms with Crippen LogP contribution in [0.25, 0.3) is 33.1 Å². The fraction of sp³-hybridized carbons (Fsp3) is 0.267. The second-order valence-corrected chi connectivity index (χ2v) is 12.5. The highest BCUT2D eigenvalue weighted by molar-refractivity contribution is 7.88. The van der Waals surface area contributed by atoms with E-state index >= 15 is 0 Å². The predicted octanol–water partition coefficient (Wildman–Crippen LogP) is 5.08. The molecule has 1 fully saturated rings. The minimum absolute atomic E-state index is 0.131. The van der Waals surface area contributed by atoms with Gasteiger partial charge >= 0.3 is 6.09 Å². The lowest BCUT2D eigenvalue weighted by atomic mass is 9.85. The summed E-state index contributed by atoms with van der Waals surface area (Å²) < 4.78 is 27.9. The van der Waals surface area contributed by atoms with Crippen LogP contribution in [0.5, 0.6) is 0 Å². The van der Waals surface area contributed by atoms with E-state index in [2.05, 4.69) is 21.0 Å². The fourth-order valence-corrected chi connectivity index (χ4v) is 6.82. The van der Waals surface area contributed by atoms with Gasteiger partial charge in [0.15, 0.2) is 0 Å². The Hall–Kier alpha value is -4.35. The normalized spacial score (nSPS) is 15.8. The Balaban J connectivity index is 1.50. The number of rotatable bonds is 6. The Morgan fingerprint density at radius 1 is 1.05 bits per heavy atom. The number of aryl methyl sites for hydroxylation is 1. The molecule has 0 bridgehead atoms. The van der Waals surface area contributed by atoms with Gasteiger partial charge in [-0.2, -0.15) is 0 Å². The van der Waals surface area contributed by atoms with E-state index in [9.17, 15) is 18.3 Å². The van der Waals surface area contributed by atoms with Crippen molar-refractivity contribution in [2.24, 2.45) is 13.0 Å². The molecule has 11 heteroatoms. The van der Waals surface area contributed by atoms with Gasteiger partial charge in [0.05, 0.1) is 29.0 Å². The summed E-state index contributed by atoms with van der Waals surface area (Å²) in [6.07, 6.45) is 9.70. The molecule has 3 aromatic heterocycles. The summed E-state index contributed by atoms with van der Waals surface area (Å²) in [5.41, 5.74) is 5.19. The summed E-state index contributed by atoms with van der Waals surface area (Å²) in [4.78, 5) is 27.9. The van der Waals surface area contributed by atoms with Gasteiger partial charge in [-0.25, -0.2) is 17.5 Å². The second kappa shape index (κ2) is 10.6. The Kier molecular flexibility index (Phi) is 6.92. The number of carbonyl (C=O) groups is 1. The monoisotopic (exact) mass is 570 g/mol. The zero-order valence-corrected chi connectivity index (χ0v) is 23.6. The molecule has 1 saturated heterocycles. The molecule has 0 spiro atoms. The summed E-state index contributed by atoms with van der Waals surface area (Å²) in [5, 5.41) is 11.8. The fourth-order valence-electron chi connectivity index (χ4n) is 5.95. The number of fused-ring (bicyclic) bond motifs is 2. The number of hydrogen-bond acceptors (Lipinski definition) is 6. The number of carboxylic acid groups (broad SMARTS) is 1. The van der Waals surface area contributed by atoms with E-state index in [4.69, 9.17) is 0 Å². The standard InChI is InChI=1S/C30H30N6O4S/c1-34-13-7-20-5-6-22(16-27(20)34)25-17-24(18-26-28(25)33-12-11-32-26)36(30(37)38)29(23-4-3-10-31-19-23)21-8-14-35(15-9-21)41(2,39)40/h3-7,10-13,16-19,21,29H,8-9,14-15H2,1-2H3,(H,37,38). The molecule has 210 valence electrons. The van der Waals surface area contributed by atoms with Gasteiger partial charge in [0.25, 0.3) is 0 Å². The van der Waals surface area contributed by atoms with Gasteiger partial charge < -0.3 is 9.67 Å². The highest BCUT2D eigenvalue weighted by Crippen LogP contribution is 2.41. The Labute approximate surface area is 238 Å². The van der Waals surface area contributed by atoms with Crippen LogP contribution in [0.4, 0.5) is 10.5 Å². The SMILES string of the molecule is Cn1ccc2ccc(-c3cc(N(C(=O)O)C(c4cccnc4)C4CCN(S(C)(=O)=O)CC4)cc4nccnc34)cc21. The van der Waals surface area contributed by atoms with Gasteiger partial charge in [-0.3, -0.25) is 19.9 Å². The molecule has 1 aliphatic rings. The van der Waals surface area contributed by atoms with Crippen LogP contribution in [0.2, 0.25) is 0 Å². The first-order valence-electron chi connectivity index (χ1n) is 13.4. The zero-order valence-electron chi connectivity index (χ0n) is 22.8. The number of anilines is 1. The summed E-state index contributed by atoms with van der Waals surface area (Å²) in [5.74, 6) is -0.131. The molecule has 0 saturated carbocycles. The van der Waals surface area contributed by atoms with Crippen LogP contribution >= 0.6 is 0 Å². The number of sulfonamides is 1. The lowest BCUT2D eigenvalue weighted by Crippen LogP contribution is -2.44. The third kappa shape index (κ3) is 5.14. The average molecular weight is 571 g/mol. The van der Waals surface area contributed by atoms with Crippen LogP contribution in [-0.4, -0.2) is 62.8 Å². The summed E-state index contributed by atoms with van der Waals surface area (Å²) in [6, 6.07) is 14.9. The van der Waals surface area contributed by atoms with E-state index in [1.807, 2.05) is 48.1 Å². The molecule has 10 nitrogen and oxygen atoms in total. The average Bonchev–Trinajstić information content (AvgIpc) is 3.35. The van der Waals surface area contributed by atoms with Crippen LogP contribution in [0.3, 0.4) is 0 Å².